The molecule has 1 aromatic rings. The Hall–Kier alpha value is -2.06. The van der Waals surface area contributed by atoms with E-state index in [1.165, 1.54) is 0 Å². The molecule has 27 heavy (non-hydrogen) atoms. The lowest BCUT2D eigenvalue weighted by molar-refractivity contribution is -0.139. The molecular formula is C19H28N2O5S. The number of rotatable bonds is 12. The quantitative estimate of drug-likeness (QED) is 0.463. The summed E-state index contributed by atoms with van der Waals surface area (Å²) >= 11 is -1.11. The van der Waals surface area contributed by atoms with Gasteiger partial charge in [0.15, 0.2) is 0 Å². The summed E-state index contributed by atoms with van der Waals surface area (Å²) in [6.07, 6.45) is 0.734. The highest BCUT2D eigenvalue weighted by Crippen LogP contribution is 2.25. The Kier molecular flexibility index (Phi) is 9.88. The van der Waals surface area contributed by atoms with Crippen LogP contribution < -0.4 is 10.6 Å². The molecule has 1 unspecified atom stereocenters. The highest BCUT2D eigenvalue weighted by atomic mass is 32.2. The van der Waals surface area contributed by atoms with Crippen molar-refractivity contribution in [1.82, 2.24) is 10.6 Å². The fourth-order valence-corrected chi connectivity index (χ4v) is 3.68. The molecular weight excluding hydrogens is 368 g/mol. The van der Waals surface area contributed by atoms with Crippen molar-refractivity contribution in [3.8, 4) is 0 Å². The maximum atomic E-state index is 12.0. The van der Waals surface area contributed by atoms with E-state index in [1.54, 1.807) is 24.3 Å². The summed E-state index contributed by atoms with van der Waals surface area (Å²) in [6.45, 7) is 4.19. The second-order valence-electron chi connectivity index (χ2n) is 7.05. The van der Waals surface area contributed by atoms with Crippen molar-refractivity contribution < 1.29 is 24.0 Å². The van der Waals surface area contributed by atoms with Crippen molar-refractivity contribution >= 4 is 29.0 Å². The summed E-state index contributed by atoms with van der Waals surface area (Å²) in [5.74, 6) is -0.577. The number of aliphatic carboxylic acids is 1. The molecule has 0 aliphatic carbocycles. The zero-order chi connectivity index (χ0) is 20.3. The van der Waals surface area contributed by atoms with Crippen LogP contribution in [0.4, 0.5) is 0 Å². The first kappa shape index (κ1) is 23.0. The summed E-state index contributed by atoms with van der Waals surface area (Å²) < 4.78 is 12.0. The maximum Gasteiger partial charge on any atom is 0.303 e. The molecule has 3 N–H and O–H groups in total. The summed E-state index contributed by atoms with van der Waals surface area (Å²) in [4.78, 5) is 34.3. The van der Waals surface area contributed by atoms with E-state index in [-0.39, 0.29) is 37.7 Å². The van der Waals surface area contributed by atoms with Crippen LogP contribution >= 0.6 is 0 Å². The van der Waals surface area contributed by atoms with Gasteiger partial charge in [-0.2, -0.15) is 0 Å². The number of amides is 2. The molecule has 0 spiro atoms. The summed E-state index contributed by atoms with van der Waals surface area (Å²) in [7, 11) is 0. The zero-order valence-corrected chi connectivity index (χ0v) is 16.6. The van der Waals surface area contributed by atoms with Crippen molar-refractivity contribution in [2.75, 3.05) is 24.6 Å². The molecule has 0 bridgehead atoms. The van der Waals surface area contributed by atoms with Crippen molar-refractivity contribution in [1.29, 1.82) is 0 Å². The Morgan fingerprint density at radius 1 is 1.07 bits per heavy atom. The van der Waals surface area contributed by atoms with Gasteiger partial charge in [-0.15, -0.1) is 0 Å². The number of carboxylic acids is 1. The van der Waals surface area contributed by atoms with Crippen LogP contribution in [-0.2, 0) is 20.8 Å². The lowest BCUT2D eigenvalue weighted by atomic mass is 9.87. The fourth-order valence-electron chi connectivity index (χ4n) is 2.36. The Bertz CT molecular complexity index is 622. The van der Waals surface area contributed by atoms with Gasteiger partial charge >= 0.3 is 5.97 Å². The number of benzene rings is 1. The highest BCUT2D eigenvalue weighted by Gasteiger charge is 2.24. The van der Waals surface area contributed by atoms with Crippen molar-refractivity contribution in [3.05, 3.63) is 35.9 Å². The topological polar surface area (TPSA) is 119 Å². The molecule has 1 rings (SSSR count). The fraction of sp³-hybridized carbons (Fsp3) is 0.526. The molecule has 0 aliphatic rings. The van der Waals surface area contributed by atoms with E-state index in [9.17, 15) is 18.9 Å². The molecule has 0 saturated carbocycles. The third kappa shape index (κ3) is 10.6. The Morgan fingerprint density at radius 2 is 1.74 bits per heavy atom. The number of carbonyl (C=O) groups excluding carboxylic acids is 2. The standard InChI is InChI=1S/C19H28N2O5S/c1-19(2,14-17(23)24)9-12-27(26)13-11-20-16(22)8-10-21-18(25)15-6-4-3-5-7-15/h3-7H,8-14H2,1-2H3,(H,20,22)(H,21,25)(H,23,24). The third-order valence-corrected chi connectivity index (χ3v) is 5.28. The lowest BCUT2D eigenvalue weighted by Crippen LogP contribution is -2.33. The van der Waals surface area contributed by atoms with Crippen LogP contribution in [0.5, 0.6) is 0 Å². The van der Waals surface area contributed by atoms with Gasteiger partial charge in [0.1, 0.15) is 11.5 Å². The van der Waals surface area contributed by atoms with Crippen LogP contribution in [0.2, 0.25) is 0 Å². The van der Waals surface area contributed by atoms with E-state index in [4.69, 9.17) is 5.11 Å². The first-order chi connectivity index (χ1) is 12.7. The molecule has 0 aliphatic heterocycles. The predicted octanol–water partition coefficient (Wildman–Crippen LogP) is 1.56. The van der Waals surface area contributed by atoms with Crippen molar-refractivity contribution in [3.63, 3.8) is 0 Å². The van der Waals surface area contributed by atoms with E-state index >= 15 is 0 Å². The van der Waals surface area contributed by atoms with Gasteiger partial charge in [0.05, 0.1) is 13.0 Å². The van der Waals surface area contributed by atoms with Gasteiger partial charge in [0, 0.05) is 18.5 Å². The predicted molar refractivity (Wildman–Crippen MR) is 105 cm³/mol. The molecule has 7 nitrogen and oxygen atoms in total. The van der Waals surface area contributed by atoms with Crippen molar-refractivity contribution in [2.24, 2.45) is 5.41 Å². The molecule has 0 aromatic heterocycles. The summed E-state index contributed by atoms with van der Waals surface area (Å²) in [5, 5.41) is 14.2. The van der Waals surface area contributed by atoms with Crippen LogP contribution in [0.3, 0.4) is 0 Å². The normalized spacial score (nSPS) is 12.3. The first-order valence-electron chi connectivity index (χ1n) is 8.86. The minimum Gasteiger partial charge on any atom is -0.616 e. The molecule has 1 aromatic carbocycles. The van der Waals surface area contributed by atoms with Gasteiger partial charge < -0.3 is 20.3 Å². The molecule has 150 valence electrons. The first-order valence-corrected chi connectivity index (χ1v) is 10.4. The molecule has 0 fully saturated rings. The minimum absolute atomic E-state index is 0.0373. The van der Waals surface area contributed by atoms with Crippen LogP contribution in [0.25, 0.3) is 0 Å². The van der Waals surface area contributed by atoms with Gasteiger partial charge in [0.25, 0.3) is 5.91 Å². The van der Waals surface area contributed by atoms with Gasteiger partial charge in [-0.1, -0.05) is 43.2 Å². The van der Waals surface area contributed by atoms with Gasteiger partial charge in [-0.25, -0.2) is 0 Å². The van der Waals surface area contributed by atoms with Gasteiger partial charge in [0.2, 0.25) is 5.91 Å². The van der Waals surface area contributed by atoms with E-state index in [0.717, 1.165) is 0 Å². The van der Waals surface area contributed by atoms with E-state index in [0.29, 0.717) is 23.5 Å². The maximum absolute atomic E-state index is 12.0. The molecule has 0 radical (unpaired) electrons. The highest BCUT2D eigenvalue weighted by molar-refractivity contribution is 7.91. The molecule has 2 amide bonds. The second-order valence-corrected chi connectivity index (χ2v) is 8.75. The Balaban J connectivity index is 2.14. The average molecular weight is 397 g/mol. The van der Waals surface area contributed by atoms with E-state index in [1.807, 2.05) is 19.9 Å². The third-order valence-electron chi connectivity index (χ3n) is 3.96. The lowest BCUT2D eigenvalue weighted by Gasteiger charge is -2.23. The largest absolute Gasteiger partial charge is 0.616 e. The van der Waals surface area contributed by atoms with Crippen molar-refractivity contribution in [2.45, 2.75) is 33.1 Å². The van der Waals surface area contributed by atoms with Crippen LogP contribution in [0.15, 0.2) is 30.3 Å². The minimum atomic E-state index is -1.11. The summed E-state index contributed by atoms with van der Waals surface area (Å²) in [5.41, 5.74) is 0.140. The molecule has 0 saturated heterocycles. The number of hydrogen-bond acceptors (Lipinski definition) is 4. The monoisotopic (exact) mass is 396 g/mol. The average Bonchev–Trinajstić information content (AvgIpc) is 2.59. The smallest absolute Gasteiger partial charge is 0.303 e. The zero-order valence-electron chi connectivity index (χ0n) is 15.8. The van der Waals surface area contributed by atoms with Gasteiger partial charge in [-0.05, 0) is 24.0 Å². The molecule has 8 heteroatoms. The second kappa shape index (κ2) is 11.6. The Morgan fingerprint density at radius 3 is 2.37 bits per heavy atom. The molecule has 0 heterocycles. The van der Waals surface area contributed by atoms with E-state index < -0.39 is 22.6 Å². The summed E-state index contributed by atoms with van der Waals surface area (Å²) in [6, 6.07) is 8.75. The van der Waals surface area contributed by atoms with Gasteiger partial charge in [-0.3, -0.25) is 14.4 Å². The SMILES string of the molecule is CC(C)(CC[S+]([O-])CCNC(=O)CCNC(=O)c1ccccc1)CC(=O)O. The number of carbonyl (C=O) groups is 3. The number of hydrogen-bond donors (Lipinski definition) is 3. The van der Waals surface area contributed by atoms with Crippen LogP contribution in [0.1, 0.15) is 43.5 Å². The number of carboxylic acid groups (broad SMARTS) is 1. The molecule has 1 atom stereocenters. The van der Waals surface area contributed by atoms with Crippen LogP contribution in [-0.4, -0.2) is 52.0 Å². The van der Waals surface area contributed by atoms with E-state index in [2.05, 4.69) is 10.6 Å². The van der Waals surface area contributed by atoms with Crippen LogP contribution in [0, 0.1) is 5.41 Å². The Labute approximate surface area is 163 Å². The number of nitrogens with one attached hydrogen (secondary N) is 2.